The Kier molecular flexibility index (Phi) is 2.92. The van der Waals surface area contributed by atoms with Gasteiger partial charge in [-0.1, -0.05) is 0 Å². The normalized spacial score (nSPS) is 30.7. The molecular formula is C13H22N4. The highest BCUT2D eigenvalue weighted by molar-refractivity contribution is 4.95. The van der Waals surface area contributed by atoms with Crippen LogP contribution in [0.25, 0.3) is 0 Å². The van der Waals surface area contributed by atoms with Crippen molar-refractivity contribution in [3.8, 4) is 0 Å². The zero-order chi connectivity index (χ0) is 11.8. The highest BCUT2D eigenvalue weighted by Gasteiger charge is 2.34. The van der Waals surface area contributed by atoms with E-state index in [1.165, 1.54) is 38.2 Å². The second-order valence-corrected chi connectivity index (χ2v) is 5.53. The van der Waals surface area contributed by atoms with Crippen LogP contribution in [0.1, 0.15) is 25.1 Å². The maximum Gasteiger partial charge on any atom is 0.122 e. The van der Waals surface area contributed by atoms with Crippen LogP contribution in [0.2, 0.25) is 0 Å². The standard InChI is InChI=1S/C13H22N4/c1-15-8-6-14-13(15)10-17-7-5-11-3-4-12(9-17)16(11)2/h6,8,11-12H,3-5,7,9-10H2,1-2H3. The first kappa shape index (κ1) is 11.2. The lowest BCUT2D eigenvalue weighted by Gasteiger charge is -2.25. The van der Waals surface area contributed by atoms with Gasteiger partial charge in [-0.15, -0.1) is 0 Å². The molecule has 4 heteroatoms. The summed E-state index contributed by atoms with van der Waals surface area (Å²) in [5.74, 6) is 1.19. The highest BCUT2D eigenvalue weighted by atomic mass is 15.3. The lowest BCUT2D eigenvalue weighted by Crippen LogP contribution is -2.36. The van der Waals surface area contributed by atoms with Crippen molar-refractivity contribution >= 4 is 0 Å². The minimum atomic E-state index is 0.766. The molecule has 0 radical (unpaired) electrons. The van der Waals surface area contributed by atoms with E-state index < -0.39 is 0 Å². The Bertz CT molecular complexity index is 387. The Labute approximate surface area is 103 Å². The van der Waals surface area contributed by atoms with Crippen LogP contribution in [-0.4, -0.2) is 51.6 Å². The van der Waals surface area contributed by atoms with E-state index in [0.29, 0.717) is 0 Å². The summed E-state index contributed by atoms with van der Waals surface area (Å²) in [4.78, 5) is 9.60. The number of imidazole rings is 1. The molecule has 2 atom stereocenters. The fourth-order valence-corrected chi connectivity index (χ4v) is 3.27. The average Bonchev–Trinajstić information content (AvgIpc) is 2.78. The molecule has 2 saturated heterocycles. The molecule has 2 aliphatic rings. The van der Waals surface area contributed by atoms with E-state index in [9.17, 15) is 0 Å². The number of hydrogen-bond donors (Lipinski definition) is 0. The van der Waals surface area contributed by atoms with Crippen molar-refractivity contribution in [2.75, 3.05) is 20.1 Å². The molecule has 2 bridgehead atoms. The van der Waals surface area contributed by atoms with Gasteiger partial charge in [-0.25, -0.2) is 4.98 Å². The van der Waals surface area contributed by atoms with Crippen LogP contribution < -0.4 is 0 Å². The average molecular weight is 234 g/mol. The number of fused-ring (bicyclic) bond motifs is 2. The zero-order valence-electron chi connectivity index (χ0n) is 10.8. The fourth-order valence-electron chi connectivity index (χ4n) is 3.27. The third-order valence-electron chi connectivity index (χ3n) is 4.52. The molecule has 0 amide bonds. The fraction of sp³-hybridized carbons (Fsp3) is 0.769. The van der Waals surface area contributed by atoms with Gasteiger partial charge >= 0.3 is 0 Å². The van der Waals surface area contributed by atoms with Gasteiger partial charge < -0.3 is 4.57 Å². The van der Waals surface area contributed by atoms with Gasteiger partial charge in [-0.05, 0) is 26.3 Å². The Morgan fingerprint density at radius 1 is 1.24 bits per heavy atom. The summed E-state index contributed by atoms with van der Waals surface area (Å²) in [6, 6.07) is 1.59. The maximum absolute atomic E-state index is 4.43. The molecule has 3 rings (SSSR count). The van der Waals surface area contributed by atoms with Gasteiger partial charge in [0.2, 0.25) is 0 Å². The maximum atomic E-state index is 4.43. The molecule has 1 aromatic rings. The first-order chi connectivity index (χ1) is 8.24. The molecule has 3 heterocycles. The minimum Gasteiger partial charge on any atom is -0.337 e. The first-order valence-electron chi connectivity index (χ1n) is 6.64. The predicted octanol–water partition coefficient (Wildman–Crippen LogP) is 1.09. The number of aryl methyl sites for hydroxylation is 1. The van der Waals surface area contributed by atoms with Crippen LogP contribution >= 0.6 is 0 Å². The molecule has 4 nitrogen and oxygen atoms in total. The van der Waals surface area contributed by atoms with Gasteiger partial charge in [0, 0.05) is 44.6 Å². The van der Waals surface area contributed by atoms with E-state index >= 15 is 0 Å². The summed E-state index contributed by atoms with van der Waals surface area (Å²) in [5, 5.41) is 0. The Morgan fingerprint density at radius 3 is 2.82 bits per heavy atom. The van der Waals surface area contributed by atoms with Crippen LogP contribution in [0.15, 0.2) is 12.4 Å². The first-order valence-corrected chi connectivity index (χ1v) is 6.64. The van der Waals surface area contributed by atoms with E-state index in [2.05, 4.69) is 33.4 Å². The largest absolute Gasteiger partial charge is 0.337 e. The van der Waals surface area contributed by atoms with E-state index in [1.54, 1.807) is 0 Å². The van der Waals surface area contributed by atoms with Crippen molar-refractivity contribution in [2.24, 2.45) is 7.05 Å². The van der Waals surface area contributed by atoms with Crippen molar-refractivity contribution in [3.63, 3.8) is 0 Å². The Hall–Kier alpha value is -0.870. The van der Waals surface area contributed by atoms with Gasteiger partial charge in [-0.2, -0.15) is 0 Å². The van der Waals surface area contributed by atoms with E-state index in [4.69, 9.17) is 0 Å². The van der Waals surface area contributed by atoms with Crippen LogP contribution in [0, 0.1) is 0 Å². The molecule has 0 aromatic carbocycles. The summed E-state index contributed by atoms with van der Waals surface area (Å²) in [6.45, 7) is 3.43. The number of aromatic nitrogens is 2. The monoisotopic (exact) mass is 234 g/mol. The summed E-state index contributed by atoms with van der Waals surface area (Å²) < 4.78 is 2.13. The van der Waals surface area contributed by atoms with Crippen molar-refractivity contribution in [2.45, 2.75) is 37.9 Å². The highest BCUT2D eigenvalue weighted by Crippen LogP contribution is 2.28. The molecule has 0 aliphatic carbocycles. The third-order valence-corrected chi connectivity index (χ3v) is 4.52. The molecule has 0 saturated carbocycles. The molecule has 0 N–H and O–H groups in total. The molecule has 0 spiro atoms. The van der Waals surface area contributed by atoms with Crippen LogP contribution in [0.5, 0.6) is 0 Å². The topological polar surface area (TPSA) is 24.3 Å². The summed E-state index contributed by atoms with van der Waals surface area (Å²) in [6.07, 6.45) is 8.02. The van der Waals surface area contributed by atoms with Gasteiger partial charge in [0.05, 0.1) is 6.54 Å². The van der Waals surface area contributed by atoms with Crippen molar-refractivity contribution in [1.82, 2.24) is 19.4 Å². The molecule has 2 fully saturated rings. The quantitative estimate of drug-likeness (QED) is 0.765. The number of hydrogen-bond acceptors (Lipinski definition) is 3. The molecule has 17 heavy (non-hydrogen) atoms. The second-order valence-electron chi connectivity index (χ2n) is 5.53. The smallest absolute Gasteiger partial charge is 0.122 e. The number of likely N-dealkylation sites (tertiary alicyclic amines) is 1. The number of rotatable bonds is 2. The SMILES string of the molecule is CN1C2CCC1CN(Cc1nccn1C)CC2. The van der Waals surface area contributed by atoms with Crippen molar-refractivity contribution < 1.29 is 0 Å². The third kappa shape index (κ3) is 2.11. The number of likely N-dealkylation sites (N-methyl/N-ethyl adjacent to an activating group) is 1. The van der Waals surface area contributed by atoms with E-state index in [1.807, 2.05) is 12.4 Å². The summed E-state index contributed by atoms with van der Waals surface area (Å²) in [5.41, 5.74) is 0. The Balaban J connectivity index is 1.67. The molecule has 94 valence electrons. The lowest BCUT2D eigenvalue weighted by molar-refractivity contribution is 0.210. The van der Waals surface area contributed by atoms with Gasteiger partial charge in [0.25, 0.3) is 0 Å². The summed E-state index contributed by atoms with van der Waals surface area (Å²) >= 11 is 0. The van der Waals surface area contributed by atoms with Crippen LogP contribution in [0.3, 0.4) is 0 Å². The van der Waals surface area contributed by atoms with Gasteiger partial charge in [-0.3, -0.25) is 9.80 Å². The molecular weight excluding hydrogens is 212 g/mol. The Morgan fingerprint density at radius 2 is 2.06 bits per heavy atom. The van der Waals surface area contributed by atoms with Crippen LogP contribution in [-0.2, 0) is 13.6 Å². The van der Waals surface area contributed by atoms with Crippen molar-refractivity contribution in [3.05, 3.63) is 18.2 Å². The zero-order valence-corrected chi connectivity index (χ0v) is 10.8. The molecule has 1 aromatic heterocycles. The second kappa shape index (κ2) is 4.42. The van der Waals surface area contributed by atoms with Gasteiger partial charge in [0.15, 0.2) is 0 Å². The van der Waals surface area contributed by atoms with Crippen molar-refractivity contribution in [1.29, 1.82) is 0 Å². The lowest BCUT2D eigenvalue weighted by atomic mass is 10.1. The van der Waals surface area contributed by atoms with E-state index in [0.717, 1.165) is 18.6 Å². The summed E-state index contributed by atoms with van der Waals surface area (Å²) in [7, 11) is 4.38. The predicted molar refractivity (Wildman–Crippen MR) is 67.7 cm³/mol. The van der Waals surface area contributed by atoms with Gasteiger partial charge in [0.1, 0.15) is 5.82 Å². The minimum absolute atomic E-state index is 0.766. The van der Waals surface area contributed by atoms with E-state index in [-0.39, 0.29) is 0 Å². The van der Waals surface area contributed by atoms with Crippen LogP contribution in [0.4, 0.5) is 0 Å². The molecule has 2 aliphatic heterocycles. The molecule has 2 unspecified atom stereocenters. The number of nitrogens with zero attached hydrogens (tertiary/aromatic N) is 4.